The number of halogens is 2. The molecule has 0 atom stereocenters. The average molecular weight is 418 g/mol. The first-order chi connectivity index (χ1) is 13.1. The summed E-state index contributed by atoms with van der Waals surface area (Å²) >= 11 is 11.2. The summed E-state index contributed by atoms with van der Waals surface area (Å²) in [5.74, 6) is 1.75. The molecule has 0 unspecified atom stereocenters. The number of benzene rings is 1. The molecule has 0 spiro atoms. The third kappa shape index (κ3) is 9.89. The molecule has 0 bridgehead atoms. The van der Waals surface area contributed by atoms with E-state index in [1.165, 1.54) is 6.21 Å². The largest absolute Gasteiger partial charge is 0.493 e. The van der Waals surface area contributed by atoms with Crippen LogP contribution in [0, 0.1) is 0 Å². The van der Waals surface area contributed by atoms with Crippen molar-refractivity contribution in [3.8, 4) is 11.5 Å². The van der Waals surface area contributed by atoms with Crippen molar-refractivity contribution in [3.63, 3.8) is 0 Å². The minimum Gasteiger partial charge on any atom is -0.493 e. The fourth-order valence-corrected chi connectivity index (χ4v) is 2.62. The molecule has 0 fully saturated rings. The van der Waals surface area contributed by atoms with Crippen molar-refractivity contribution in [2.24, 2.45) is 5.16 Å². The van der Waals surface area contributed by atoms with E-state index in [0.717, 1.165) is 48.3 Å². The molecule has 1 N–H and O–H groups in total. The van der Waals surface area contributed by atoms with E-state index in [9.17, 15) is 0 Å². The van der Waals surface area contributed by atoms with Crippen LogP contribution in [0.15, 0.2) is 27.9 Å². The summed E-state index contributed by atoms with van der Waals surface area (Å²) in [5.41, 5.74) is 2.26. The molecule has 152 valence electrons. The van der Waals surface area contributed by atoms with E-state index in [2.05, 4.69) is 19.0 Å². The topological polar surface area (TPSA) is 60.3 Å². The number of hydrogen-bond donors (Lipinski definition) is 1. The summed E-state index contributed by atoms with van der Waals surface area (Å²) in [4.78, 5) is 0. The highest BCUT2D eigenvalue weighted by molar-refractivity contribution is 6.55. The van der Waals surface area contributed by atoms with Crippen LogP contribution < -0.4 is 9.47 Å². The number of nitrogens with zero attached hydrogens (tertiary/aromatic N) is 1. The Balaban J connectivity index is 2.52. The fourth-order valence-electron chi connectivity index (χ4n) is 2.49. The molecule has 0 heterocycles. The molecular weight excluding hydrogens is 389 g/mol. The number of unbranched alkanes of at least 4 members (excludes halogenated alkanes) is 1. The molecule has 1 aromatic carbocycles. The van der Waals surface area contributed by atoms with Crippen LogP contribution >= 0.6 is 23.2 Å². The second-order valence-corrected chi connectivity index (χ2v) is 6.85. The van der Waals surface area contributed by atoms with Crippen LogP contribution in [-0.4, -0.2) is 37.8 Å². The van der Waals surface area contributed by atoms with Crippen LogP contribution in [0.5, 0.6) is 11.5 Å². The van der Waals surface area contributed by atoms with Crippen molar-refractivity contribution in [2.45, 2.75) is 46.0 Å². The Hall–Kier alpha value is -1.43. The molecule has 0 amide bonds. The SMILES string of the molecule is CCc1cc(OCC=C(Cl)Cl)cc(CC)c1OCCCCOCCC=NO. The van der Waals surface area contributed by atoms with Gasteiger partial charge in [-0.2, -0.15) is 0 Å². The van der Waals surface area contributed by atoms with E-state index >= 15 is 0 Å². The number of oxime groups is 1. The maximum absolute atomic E-state index is 8.29. The predicted octanol–water partition coefficient (Wildman–Crippen LogP) is 5.53. The van der Waals surface area contributed by atoms with Crippen molar-refractivity contribution in [1.29, 1.82) is 0 Å². The number of rotatable bonds is 14. The molecule has 1 rings (SSSR count). The van der Waals surface area contributed by atoms with Gasteiger partial charge in [-0.25, -0.2) is 0 Å². The smallest absolute Gasteiger partial charge is 0.125 e. The Labute approximate surface area is 171 Å². The van der Waals surface area contributed by atoms with E-state index in [1.807, 2.05) is 12.1 Å². The first-order valence-corrected chi connectivity index (χ1v) is 10.0. The number of ether oxygens (including phenoxy) is 3. The van der Waals surface area contributed by atoms with Crippen molar-refractivity contribution in [2.75, 3.05) is 26.4 Å². The highest BCUT2D eigenvalue weighted by Crippen LogP contribution is 2.31. The number of aryl methyl sites for hydroxylation is 2. The first kappa shape index (κ1) is 23.6. The maximum Gasteiger partial charge on any atom is 0.125 e. The highest BCUT2D eigenvalue weighted by Gasteiger charge is 2.11. The van der Waals surface area contributed by atoms with E-state index in [0.29, 0.717) is 32.8 Å². The molecule has 0 aliphatic heterocycles. The lowest BCUT2D eigenvalue weighted by Crippen LogP contribution is -2.06. The average Bonchev–Trinajstić information content (AvgIpc) is 2.66. The van der Waals surface area contributed by atoms with Crippen LogP contribution in [-0.2, 0) is 17.6 Å². The molecule has 0 aliphatic rings. The number of hydrogen-bond acceptors (Lipinski definition) is 5. The molecule has 5 nitrogen and oxygen atoms in total. The van der Waals surface area contributed by atoms with Gasteiger partial charge in [-0.3, -0.25) is 0 Å². The van der Waals surface area contributed by atoms with Gasteiger partial charge in [0.05, 0.1) is 13.2 Å². The van der Waals surface area contributed by atoms with E-state index in [1.54, 1.807) is 6.08 Å². The molecular formula is C20H29Cl2NO4. The Morgan fingerprint density at radius 1 is 1.04 bits per heavy atom. The Bertz CT molecular complexity index is 577. The highest BCUT2D eigenvalue weighted by atomic mass is 35.5. The molecule has 0 aromatic heterocycles. The zero-order valence-electron chi connectivity index (χ0n) is 16.0. The van der Waals surface area contributed by atoms with Gasteiger partial charge in [0.2, 0.25) is 0 Å². The standard InChI is InChI=1S/C20H29Cl2NO4/c1-3-16-14-18(26-13-8-19(21)22)15-17(4-2)20(16)27-12-6-5-10-25-11-7-9-23-24/h8-9,14-15,24H,3-7,10-13H2,1-2H3. The first-order valence-electron chi connectivity index (χ1n) is 9.28. The zero-order chi connectivity index (χ0) is 19.9. The molecule has 0 saturated carbocycles. The third-order valence-electron chi connectivity index (χ3n) is 3.87. The fraction of sp³-hybridized carbons (Fsp3) is 0.550. The van der Waals surface area contributed by atoms with Gasteiger partial charge in [0.1, 0.15) is 22.6 Å². The van der Waals surface area contributed by atoms with Gasteiger partial charge >= 0.3 is 0 Å². The summed E-state index contributed by atoms with van der Waals surface area (Å²) < 4.78 is 17.4. The summed E-state index contributed by atoms with van der Waals surface area (Å²) in [6, 6.07) is 4.02. The van der Waals surface area contributed by atoms with Gasteiger partial charge in [-0.15, -0.1) is 5.16 Å². The zero-order valence-corrected chi connectivity index (χ0v) is 17.6. The van der Waals surface area contributed by atoms with Crippen molar-refractivity contribution >= 4 is 29.4 Å². The van der Waals surface area contributed by atoms with E-state index < -0.39 is 0 Å². The Morgan fingerprint density at radius 2 is 1.70 bits per heavy atom. The van der Waals surface area contributed by atoms with Crippen LogP contribution in [0.25, 0.3) is 0 Å². The summed E-state index contributed by atoms with van der Waals surface area (Å²) in [5, 5.41) is 11.2. The summed E-state index contributed by atoms with van der Waals surface area (Å²) in [6.45, 7) is 6.42. The molecule has 7 heteroatoms. The van der Waals surface area contributed by atoms with Crippen LogP contribution in [0.3, 0.4) is 0 Å². The molecule has 0 radical (unpaired) electrons. The lowest BCUT2D eigenvalue weighted by atomic mass is 10.0. The van der Waals surface area contributed by atoms with Gasteiger partial charge in [0, 0.05) is 19.2 Å². The lowest BCUT2D eigenvalue weighted by molar-refractivity contribution is 0.132. The monoisotopic (exact) mass is 417 g/mol. The second kappa shape index (κ2) is 14.6. The van der Waals surface area contributed by atoms with Crippen LogP contribution in [0.4, 0.5) is 0 Å². The second-order valence-electron chi connectivity index (χ2n) is 5.84. The minimum absolute atomic E-state index is 0.201. The van der Waals surface area contributed by atoms with Gasteiger partial charge in [0.15, 0.2) is 0 Å². The maximum atomic E-state index is 8.29. The van der Waals surface area contributed by atoms with Crippen LogP contribution in [0.1, 0.15) is 44.2 Å². The van der Waals surface area contributed by atoms with Crippen molar-refractivity contribution < 1.29 is 19.4 Å². The molecule has 0 saturated heterocycles. The third-order valence-corrected chi connectivity index (χ3v) is 4.18. The normalized spacial score (nSPS) is 11.0. The Kier molecular flexibility index (Phi) is 12.8. The van der Waals surface area contributed by atoms with Crippen molar-refractivity contribution in [1.82, 2.24) is 0 Å². The summed E-state index contributed by atoms with van der Waals surface area (Å²) in [6.07, 6.45) is 7.22. The predicted molar refractivity (Wildman–Crippen MR) is 111 cm³/mol. The molecule has 0 aliphatic carbocycles. The Morgan fingerprint density at radius 3 is 2.30 bits per heavy atom. The van der Waals surface area contributed by atoms with Gasteiger partial charge in [-0.05, 0) is 55.0 Å². The molecule has 27 heavy (non-hydrogen) atoms. The van der Waals surface area contributed by atoms with Crippen molar-refractivity contribution in [3.05, 3.63) is 33.8 Å². The van der Waals surface area contributed by atoms with E-state index in [4.69, 9.17) is 42.6 Å². The quantitative estimate of drug-likeness (QED) is 0.187. The van der Waals surface area contributed by atoms with Gasteiger partial charge in [-0.1, -0.05) is 37.0 Å². The lowest BCUT2D eigenvalue weighted by Gasteiger charge is -2.17. The van der Waals surface area contributed by atoms with Gasteiger partial charge < -0.3 is 19.4 Å². The van der Waals surface area contributed by atoms with Gasteiger partial charge in [0.25, 0.3) is 0 Å². The minimum atomic E-state index is 0.201. The van der Waals surface area contributed by atoms with E-state index in [-0.39, 0.29) is 4.49 Å². The summed E-state index contributed by atoms with van der Waals surface area (Å²) in [7, 11) is 0. The van der Waals surface area contributed by atoms with Crippen LogP contribution in [0.2, 0.25) is 0 Å². The molecule has 1 aromatic rings.